The molecule has 0 radical (unpaired) electrons. The van der Waals surface area contributed by atoms with E-state index in [0.717, 1.165) is 16.6 Å². The third-order valence-electron chi connectivity index (χ3n) is 4.30. The van der Waals surface area contributed by atoms with Gasteiger partial charge in [-0.3, -0.25) is 9.88 Å². The van der Waals surface area contributed by atoms with Crippen LogP contribution in [-0.4, -0.2) is 34.6 Å². The van der Waals surface area contributed by atoms with Gasteiger partial charge in [-0.2, -0.15) is 0 Å². The number of likely N-dealkylation sites (tertiary alicyclic amines) is 1. The Hall–Kier alpha value is -0.450. The summed E-state index contributed by atoms with van der Waals surface area (Å²) in [4.78, 5) is 6.97. The van der Waals surface area contributed by atoms with E-state index >= 15 is 0 Å². The van der Waals surface area contributed by atoms with Crippen molar-refractivity contribution in [1.82, 2.24) is 9.88 Å². The van der Waals surface area contributed by atoms with Crippen LogP contribution < -0.4 is 5.73 Å². The standard InChI is InChI=1S/C15H24BrN3/c1-15(2,19-8-4-3-5-9-19)14(17)10-13-7-6-12(16)11-18-13/h6-7,11,14H,3-5,8-10,17H2,1-2H3. The van der Waals surface area contributed by atoms with Crippen LogP contribution in [0.5, 0.6) is 0 Å². The maximum atomic E-state index is 6.46. The molecule has 0 bridgehead atoms. The number of nitrogens with two attached hydrogens (primary N) is 1. The van der Waals surface area contributed by atoms with Crippen molar-refractivity contribution in [3.63, 3.8) is 0 Å². The molecule has 1 aliphatic rings. The Kier molecular flexibility index (Phi) is 4.98. The van der Waals surface area contributed by atoms with Crippen molar-refractivity contribution in [2.24, 2.45) is 5.73 Å². The summed E-state index contributed by atoms with van der Waals surface area (Å²) < 4.78 is 1.01. The number of hydrogen-bond donors (Lipinski definition) is 1. The van der Waals surface area contributed by atoms with Gasteiger partial charge in [-0.25, -0.2) is 0 Å². The largest absolute Gasteiger partial charge is 0.326 e. The number of hydrogen-bond acceptors (Lipinski definition) is 3. The smallest absolute Gasteiger partial charge is 0.0420 e. The Balaban J connectivity index is 2.00. The zero-order valence-electron chi connectivity index (χ0n) is 11.9. The fraction of sp³-hybridized carbons (Fsp3) is 0.667. The van der Waals surface area contributed by atoms with Crippen LogP contribution in [0.1, 0.15) is 38.8 Å². The third kappa shape index (κ3) is 3.77. The summed E-state index contributed by atoms with van der Waals surface area (Å²) in [6.07, 6.45) is 6.63. The molecule has 106 valence electrons. The zero-order valence-corrected chi connectivity index (χ0v) is 13.5. The molecule has 0 saturated carbocycles. The number of pyridine rings is 1. The van der Waals surface area contributed by atoms with Gasteiger partial charge in [0, 0.05) is 34.4 Å². The normalized spacial score (nSPS) is 19.4. The maximum absolute atomic E-state index is 6.46. The molecular formula is C15H24BrN3. The molecule has 1 aliphatic heterocycles. The van der Waals surface area contributed by atoms with Gasteiger partial charge in [0.1, 0.15) is 0 Å². The highest BCUT2D eigenvalue weighted by molar-refractivity contribution is 9.10. The molecule has 0 amide bonds. The van der Waals surface area contributed by atoms with E-state index in [1.165, 1.54) is 32.4 Å². The summed E-state index contributed by atoms with van der Waals surface area (Å²) in [5.41, 5.74) is 7.57. The molecule has 0 aliphatic carbocycles. The molecule has 1 aromatic heterocycles. The molecule has 1 saturated heterocycles. The summed E-state index contributed by atoms with van der Waals surface area (Å²) >= 11 is 3.41. The molecule has 2 heterocycles. The van der Waals surface area contributed by atoms with Crippen molar-refractivity contribution >= 4 is 15.9 Å². The van der Waals surface area contributed by atoms with Crippen molar-refractivity contribution in [2.75, 3.05) is 13.1 Å². The van der Waals surface area contributed by atoms with E-state index in [1.807, 2.05) is 12.3 Å². The Morgan fingerprint density at radius 1 is 1.32 bits per heavy atom. The van der Waals surface area contributed by atoms with E-state index in [4.69, 9.17) is 5.73 Å². The Morgan fingerprint density at radius 3 is 2.58 bits per heavy atom. The first-order valence-corrected chi connectivity index (χ1v) is 7.90. The number of nitrogens with zero attached hydrogens (tertiary/aromatic N) is 2. The minimum Gasteiger partial charge on any atom is -0.326 e. The summed E-state index contributed by atoms with van der Waals surface area (Å²) in [6, 6.07) is 4.19. The summed E-state index contributed by atoms with van der Waals surface area (Å²) in [7, 11) is 0. The van der Waals surface area contributed by atoms with Crippen molar-refractivity contribution in [2.45, 2.75) is 51.1 Å². The first-order valence-electron chi connectivity index (χ1n) is 7.11. The molecule has 3 nitrogen and oxygen atoms in total. The average Bonchev–Trinajstić information content (AvgIpc) is 2.42. The quantitative estimate of drug-likeness (QED) is 0.925. The topological polar surface area (TPSA) is 42.1 Å². The van der Waals surface area contributed by atoms with Crippen molar-refractivity contribution in [3.8, 4) is 0 Å². The van der Waals surface area contributed by atoms with E-state index in [1.54, 1.807) is 0 Å². The highest BCUT2D eigenvalue weighted by Crippen LogP contribution is 2.24. The van der Waals surface area contributed by atoms with E-state index in [2.05, 4.69) is 45.7 Å². The molecule has 1 fully saturated rings. The predicted octanol–water partition coefficient (Wildman–Crippen LogP) is 2.98. The van der Waals surface area contributed by atoms with Gasteiger partial charge >= 0.3 is 0 Å². The second kappa shape index (κ2) is 6.33. The van der Waals surface area contributed by atoms with Crippen LogP contribution in [-0.2, 0) is 6.42 Å². The van der Waals surface area contributed by atoms with E-state index in [-0.39, 0.29) is 11.6 Å². The van der Waals surface area contributed by atoms with Gasteiger partial charge in [0.25, 0.3) is 0 Å². The molecular weight excluding hydrogens is 302 g/mol. The lowest BCUT2D eigenvalue weighted by atomic mass is 9.88. The van der Waals surface area contributed by atoms with Crippen LogP contribution in [0.3, 0.4) is 0 Å². The predicted molar refractivity (Wildman–Crippen MR) is 83.1 cm³/mol. The monoisotopic (exact) mass is 325 g/mol. The van der Waals surface area contributed by atoms with Gasteiger partial charge in [0.2, 0.25) is 0 Å². The Bertz CT molecular complexity index is 396. The van der Waals surface area contributed by atoms with E-state index < -0.39 is 0 Å². The molecule has 19 heavy (non-hydrogen) atoms. The summed E-state index contributed by atoms with van der Waals surface area (Å²) in [6.45, 7) is 6.88. The summed E-state index contributed by atoms with van der Waals surface area (Å²) in [5.74, 6) is 0. The fourth-order valence-electron chi connectivity index (χ4n) is 2.71. The van der Waals surface area contributed by atoms with E-state index in [9.17, 15) is 0 Å². The van der Waals surface area contributed by atoms with Crippen LogP contribution in [0.4, 0.5) is 0 Å². The van der Waals surface area contributed by atoms with Gasteiger partial charge in [-0.1, -0.05) is 6.42 Å². The number of rotatable bonds is 4. The molecule has 1 unspecified atom stereocenters. The first kappa shape index (κ1) is 14.9. The number of aromatic nitrogens is 1. The number of piperidine rings is 1. The highest BCUT2D eigenvalue weighted by Gasteiger charge is 2.33. The third-order valence-corrected chi connectivity index (χ3v) is 4.77. The van der Waals surface area contributed by atoms with Crippen molar-refractivity contribution < 1.29 is 0 Å². The van der Waals surface area contributed by atoms with Crippen LogP contribution in [0, 0.1) is 0 Å². The van der Waals surface area contributed by atoms with Crippen LogP contribution in [0.25, 0.3) is 0 Å². The van der Waals surface area contributed by atoms with Crippen molar-refractivity contribution in [3.05, 3.63) is 28.5 Å². The van der Waals surface area contributed by atoms with E-state index in [0.29, 0.717) is 0 Å². The lowest BCUT2D eigenvalue weighted by Crippen LogP contribution is -2.58. The molecule has 2 N–H and O–H groups in total. The minimum absolute atomic E-state index is 0.0369. The maximum Gasteiger partial charge on any atom is 0.0420 e. The second-order valence-electron chi connectivity index (χ2n) is 5.98. The van der Waals surface area contributed by atoms with Gasteiger partial charge < -0.3 is 5.73 Å². The zero-order chi connectivity index (χ0) is 13.9. The minimum atomic E-state index is 0.0369. The molecule has 1 atom stereocenters. The second-order valence-corrected chi connectivity index (χ2v) is 6.90. The first-order chi connectivity index (χ1) is 9.00. The highest BCUT2D eigenvalue weighted by atomic mass is 79.9. The Labute approximate surface area is 124 Å². The molecule has 0 aromatic carbocycles. The van der Waals surface area contributed by atoms with Gasteiger partial charge in [0.15, 0.2) is 0 Å². The van der Waals surface area contributed by atoms with Crippen LogP contribution in [0.2, 0.25) is 0 Å². The Morgan fingerprint density at radius 2 is 2.00 bits per heavy atom. The van der Waals surface area contributed by atoms with Gasteiger partial charge in [0.05, 0.1) is 0 Å². The lowest BCUT2D eigenvalue weighted by molar-refractivity contribution is 0.0728. The number of halogens is 1. The van der Waals surface area contributed by atoms with Gasteiger partial charge in [-0.05, 0) is 67.8 Å². The lowest BCUT2D eigenvalue weighted by Gasteiger charge is -2.44. The van der Waals surface area contributed by atoms with Crippen LogP contribution >= 0.6 is 15.9 Å². The average molecular weight is 326 g/mol. The van der Waals surface area contributed by atoms with Crippen molar-refractivity contribution in [1.29, 1.82) is 0 Å². The van der Waals surface area contributed by atoms with Crippen LogP contribution in [0.15, 0.2) is 22.8 Å². The van der Waals surface area contributed by atoms with Gasteiger partial charge in [-0.15, -0.1) is 0 Å². The SMILES string of the molecule is CC(C)(C(N)Cc1ccc(Br)cn1)N1CCCCC1. The summed E-state index contributed by atoms with van der Waals surface area (Å²) in [5, 5.41) is 0. The molecule has 2 rings (SSSR count). The molecule has 4 heteroatoms. The fourth-order valence-corrected chi connectivity index (χ4v) is 2.94. The molecule has 1 aromatic rings. The molecule has 0 spiro atoms.